The number of hydrogen-bond donors (Lipinski definition) is 1. The highest BCUT2D eigenvalue weighted by atomic mass is 32.1. The summed E-state index contributed by atoms with van der Waals surface area (Å²) in [5.74, 6) is 0. The highest BCUT2D eigenvalue weighted by Gasteiger charge is 1.94. The maximum atomic E-state index is 5.60. The molecule has 2 aromatic rings. The zero-order valence-electron chi connectivity index (χ0n) is 10.7. The van der Waals surface area contributed by atoms with Crippen molar-refractivity contribution < 1.29 is 4.74 Å². The van der Waals surface area contributed by atoms with E-state index in [1.807, 2.05) is 0 Å². The van der Waals surface area contributed by atoms with Crippen LogP contribution in [0.15, 0.2) is 41.8 Å². The second kappa shape index (κ2) is 7.19. The van der Waals surface area contributed by atoms with Crippen molar-refractivity contribution in [3.05, 3.63) is 52.2 Å². The molecule has 96 valence electrons. The highest BCUT2D eigenvalue weighted by molar-refractivity contribution is 7.09. The molecule has 2 nitrogen and oxygen atoms in total. The quantitative estimate of drug-likeness (QED) is 0.767. The molecule has 1 aromatic heterocycles. The minimum atomic E-state index is 0.749. The smallest absolute Gasteiger partial charge is 0.0639 e. The molecule has 18 heavy (non-hydrogen) atoms. The van der Waals surface area contributed by atoms with Gasteiger partial charge in [-0.25, -0.2) is 0 Å². The van der Waals surface area contributed by atoms with Gasteiger partial charge < -0.3 is 10.1 Å². The molecule has 0 bridgehead atoms. The van der Waals surface area contributed by atoms with Gasteiger partial charge in [0.15, 0.2) is 0 Å². The van der Waals surface area contributed by atoms with Crippen molar-refractivity contribution in [1.82, 2.24) is 0 Å². The second-order valence-corrected chi connectivity index (χ2v) is 5.27. The van der Waals surface area contributed by atoms with Crippen LogP contribution in [0, 0.1) is 6.92 Å². The van der Waals surface area contributed by atoms with E-state index in [1.165, 1.54) is 10.4 Å². The van der Waals surface area contributed by atoms with Gasteiger partial charge in [-0.3, -0.25) is 0 Å². The first-order valence-corrected chi connectivity index (χ1v) is 7.13. The summed E-state index contributed by atoms with van der Waals surface area (Å²) in [5, 5.41) is 5.45. The van der Waals surface area contributed by atoms with Gasteiger partial charge in [-0.2, -0.15) is 0 Å². The van der Waals surface area contributed by atoms with Crippen LogP contribution >= 0.6 is 11.3 Å². The minimum Gasteiger partial charge on any atom is -0.383 e. The van der Waals surface area contributed by atoms with Crippen LogP contribution in [0.3, 0.4) is 0 Å². The van der Waals surface area contributed by atoms with Crippen molar-refractivity contribution >= 4 is 17.0 Å². The second-order valence-electron chi connectivity index (χ2n) is 4.23. The number of hydrogen-bond acceptors (Lipinski definition) is 3. The molecule has 0 saturated heterocycles. The monoisotopic (exact) mass is 261 g/mol. The molecule has 0 fully saturated rings. The fraction of sp³-hybridized carbons (Fsp3) is 0.333. The summed E-state index contributed by atoms with van der Waals surface area (Å²) in [4.78, 5) is 1.39. The van der Waals surface area contributed by atoms with Crippen molar-refractivity contribution in [3.63, 3.8) is 0 Å². The van der Waals surface area contributed by atoms with E-state index in [-0.39, 0.29) is 0 Å². The zero-order chi connectivity index (χ0) is 12.6. The lowest BCUT2D eigenvalue weighted by molar-refractivity contribution is 0.147. The Morgan fingerprint density at radius 3 is 2.67 bits per heavy atom. The van der Waals surface area contributed by atoms with Crippen molar-refractivity contribution in [2.24, 2.45) is 0 Å². The van der Waals surface area contributed by atoms with Crippen molar-refractivity contribution in [2.45, 2.75) is 13.3 Å². The van der Waals surface area contributed by atoms with E-state index in [0.717, 1.165) is 31.9 Å². The van der Waals surface area contributed by atoms with Crippen LogP contribution in [0.4, 0.5) is 5.69 Å². The molecule has 0 amide bonds. The van der Waals surface area contributed by atoms with E-state index in [1.54, 1.807) is 11.3 Å². The van der Waals surface area contributed by atoms with Gasteiger partial charge in [0, 0.05) is 23.5 Å². The third-order valence-corrected chi connectivity index (χ3v) is 3.64. The summed E-state index contributed by atoms with van der Waals surface area (Å²) in [6, 6.07) is 12.7. The average molecular weight is 261 g/mol. The molecular formula is C15H19NOS. The Bertz CT molecular complexity index is 436. The van der Waals surface area contributed by atoms with Gasteiger partial charge in [-0.05, 0) is 30.5 Å². The summed E-state index contributed by atoms with van der Waals surface area (Å²) < 4.78 is 5.60. The van der Waals surface area contributed by atoms with E-state index in [0.29, 0.717) is 0 Å². The van der Waals surface area contributed by atoms with Crippen LogP contribution < -0.4 is 5.32 Å². The maximum absolute atomic E-state index is 5.60. The van der Waals surface area contributed by atoms with Gasteiger partial charge in [0.2, 0.25) is 0 Å². The topological polar surface area (TPSA) is 21.3 Å². The Morgan fingerprint density at radius 1 is 1.11 bits per heavy atom. The first kappa shape index (κ1) is 13.1. The summed E-state index contributed by atoms with van der Waals surface area (Å²) >= 11 is 1.79. The normalized spacial score (nSPS) is 10.5. The predicted octanol–water partition coefficient (Wildman–Crippen LogP) is 3.73. The SMILES string of the molecule is Cc1ccc(NCCOCCc2cccs2)cc1. The van der Waals surface area contributed by atoms with E-state index < -0.39 is 0 Å². The minimum absolute atomic E-state index is 0.749. The molecule has 0 spiro atoms. The molecule has 3 heteroatoms. The van der Waals surface area contributed by atoms with E-state index in [2.05, 4.69) is 54.0 Å². The van der Waals surface area contributed by atoms with Gasteiger partial charge in [0.1, 0.15) is 0 Å². The standard InChI is InChI=1S/C15H19NOS/c1-13-4-6-14(7-5-13)16-9-11-17-10-8-15-3-2-12-18-15/h2-7,12,16H,8-11H2,1H3. The van der Waals surface area contributed by atoms with Crippen molar-refractivity contribution in [2.75, 3.05) is 25.1 Å². The Labute approximate surface area is 113 Å². The largest absolute Gasteiger partial charge is 0.383 e. The Balaban J connectivity index is 1.55. The Hall–Kier alpha value is -1.32. The number of thiophene rings is 1. The van der Waals surface area contributed by atoms with Gasteiger partial charge in [-0.1, -0.05) is 23.8 Å². The van der Waals surface area contributed by atoms with Gasteiger partial charge in [-0.15, -0.1) is 11.3 Å². The lowest BCUT2D eigenvalue weighted by atomic mass is 10.2. The lowest BCUT2D eigenvalue weighted by Gasteiger charge is -2.07. The first-order valence-electron chi connectivity index (χ1n) is 6.25. The zero-order valence-corrected chi connectivity index (χ0v) is 11.5. The van der Waals surface area contributed by atoms with E-state index >= 15 is 0 Å². The molecule has 1 heterocycles. The highest BCUT2D eigenvalue weighted by Crippen LogP contribution is 2.09. The number of anilines is 1. The predicted molar refractivity (Wildman–Crippen MR) is 78.5 cm³/mol. The van der Waals surface area contributed by atoms with Crippen LogP contribution in [0.2, 0.25) is 0 Å². The molecular weight excluding hydrogens is 242 g/mol. The van der Waals surface area contributed by atoms with Crippen LogP contribution in [-0.4, -0.2) is 19.8 Å². The number of benzene rings is 1. The van der Waals surface area contributed by atoms with Crippen LogP contribution in [0.5, 0.6) is 0 Å². The van der Waals surface area contributed by atoms with E-state index in [4.69, 9.17) is 4.74 Å². The molecule has 1 aromatic carbocycles. The molecule has 0 aliphatic carbocycles. The Kier molecular flexibility index (Phi) is 5.24. The summed E-state index contributed by atoms with van der Waals surface area (Å²) in [6.45, 7) is 4.50. The number of aryl methyl sites for hydroxylation is 1. The molecule has 0 aliphatic heterocycles. The molecule has 0 radical (unpaired) electrons. The van der Waals surface area contributed by atoms with Crippen LogP contribution in [0.25, 0.3) is 0 Å². The third kappa shape index (κ3) is 4.51. The first-order chi connectivity index (χ1) is 8.84. The van der Waals surface area contributed by atoms with E-state index in [9.17, 15) is 0 Å². The molecule has 1 N–H and O–H groups in total. The van der Waals surface area contributed by atoms with Gasteiger partial charge in [0.05, 0.1) is 13.2 Å². The average Bonchev–Trinajstić information content (AvgIpc) is 2.89. The molecule has 0 aliphatic rings. The van der Waals surface area contributed by atoms with Gasteiger partial charge in [0.25, 0.3) is 0 Å². The molecule has 0 saturated carbocycles. The van der Waals surface area contributed by atoms with Crippen LogP contribution in [0.1, 0.15) is 10.4 Å². The number of ether oxygens (including phenoxy) is 1. The number of nitrogens with one attached hydrogen (secondary N) is 1. The lowest BCUT2D eigenvalue weighted by Crippen LogP contribution is -2.10. The summed E-state index contributed by atoms with van der Waals surface area (Å²) in [7, 11) is 0. The Morgan fingerprint density at radius 2 is 1.94 bits per heavy atom. The summed E-state index contributed by atoms with van der Waals surface area (Å²) in [6.07, 6.45) is 1.02. The van der Waals surface area contributed by atoms with Crippen LogP contribution in [-0.2, 0) is 11.2 Å². The fourth-order valence-corrected chi connectivity index (χ4v) is 2.36. The molecule has 0 unspecified atom stereocenters. The third-order valence-electron chi connectivity index (χ3n) is 2.70. The maximum Gasteiger partial charge on any atom is 0.0639 e. The van der Waals surface area contributed by atoms with Crippen molar-refractivity contribution in [3.8, 4) is 0 Å². The molecule has 0 atom stereocenters. The number of rotatable bonds is 7. The fourth-order valence-electron chi connectivity index (χ4n) is 1.67. The van der Waals surface area contributed by atoms with Gasteiger partial charge >= 0.3 is 0 Å². The molecule has 2 rings (SSSR count). The van der Waals surface area contributed by atoms with Crippen molar-refractivity contribution in [1.29, 1.82) is 0 Å². The summed E-state index contributed by atoms with van der Waals surface area (Å²) in [5.41, 5.74) is 2.44.